The molecule has 0 fully saturated rings. The molecule has 0 aliphatic carbocycles. The first kappa shape index (κ1) is 21.0. The Balaban J connectivity index is -0.000000337. The lowest BCUT2D eigenvalue weighted by molar-refractivity contribution is 1.09. The second-order valence-electron chi connectivity index (χ2n) is 3.25. The Morgan fingerprint density at radius 1 is 1.06 bits per heavy atom. The fourth-order valence-corrected chi connectivity index (χ4v) is 0.852. The number of hydrogen-bond acceptors (Lipinski definition) is 0. The minimum atomic E-state index is 0.999. The molecule has 98 valence electrons. The van der Waals surface area contributed by atoms with Gasteiger partial charge in [-0.3, -0.25) is 0 Å². The molecule has 0 radical (unpaired) electrons. The van der Waals surface area contributed by atoms with Crippen LogP contribution in [0.25, 0.3) is 0 Å². The molecule has 0 rings (SSSR count). The van der Waals surface area contributed by atoms with Crippen molar-refractivity contribution in [1.82, 2.24) is 0 Å². The zero-order valence-electron chi connectivity index (χ0n) is 12.2. The Labute approximate surface area is 109 Å². The van der Waals surface area contributed by atoms with Crippen LogP contribution in [0, 0.1) is 0 Å². The second-order valence-corrected chi connectivity index (χ2v) is 3.25. The van der Waals surface area contributed by atoms with Crippen molar-refractivity contribution in [3.8, 4) is 0 Å². The predicted molar refractivity (Wildman–Crippen MR) is 84.4 cm³/mol. The van der Waals surface area contributed by atoms with Gasteiger partial charge in [-0.05, 0) is 25.3 Å². The summed E-state index contributed by atoms with van der Waals surface area (Å²) in [6, 6.07) is 0. The van der Waals surface area contributed by atoms with Crippen molar-refractivity contribution in [2.75, 3.05) is 0 Å². The minimum Gasteiger partial charge on any atom is -0.106 e. The molecule has 0 atom stereocenters. The molecule has 0 aliphatic heterocycles. The van der Waals surface area contributed by atoms with E-state index in [4.69, 9.17) is 0 Å². The van der Waals surface area contributed by atoms with Crippen LogP contribution in [-0.2, 0) is 0 Å². The van der Waals surface area contributed by atoms with Gasteiger partial charge in [-0.2, -0.15) is 0 Å². The van der Waals surface area contributed by atoms with E-state index in [1.807, 2.05) is 6.08 Å². The molecule has 0 saturated carbocycles. The molecule has 17 heavy (non-hydrogen) atoms. The van der Waals surface area contributed by atoms with E-state index in [0.717, 1.165) is 12.8 Å². The summed E-state index contributed by atoms with van der Waals surface area (Å²) in [6.07, 6.45) is 15.7. The second kappa shape index (κ2) is 24.1. The summed E-state index contributed by atoms with van der Waals surface area (Å²) < 4.78 is 0. The third-order valence-corrected chi connectivity index (χ3v) is 1.56. The van der Waals surface area contributed by atoms with Crippen LogP contribution >= 0.6 is 0 Å². The van der Waals surface area contributed by atoms with Crippen LogP contribution in [0.1, 0.15) is 47.0 Å². The van der Waals surface area contributed by atoms with Gasteiger partial charge >= 0.3 is 0 Å². The van der Waals surface area contributed by atoms with E-state index in [2.05, 4.69) is 71.7 Å². The van der Waals surface area contributed by atoms with Gasteiger partial charge in [0.1, 0.15) is 0 Å². The van der Waals surface area contributed by atoms with Crippen LogP contribution in [0.15, 0.2) is 61.8 Å². The van der Waals surface area contributed by atoms with Gasteiger partial charge in [0, 0.05) is 0 Å². The molecule has 0 amide bonds. The van der Waals surface area contributed by atoms with Crippen molar-refractivity contribution in [1.29, 1.82) is 0 Å². The Kier molecular flexibility index (Phi) is 29.8. The van der Waals surface area contributed by atoms with Crippen molar-refractivity contribution in [3.63, 3.8) is 0 Å². The van der Waals surface area contributed by atoms with E-state index in [1.165, 1.54) is 12.0 Å². The molecule has 0 saturated heterocycles. The van der Waals surface area contributed by atoms with Gasteiger partial charge < -0.3 is 0 Å². The van der Waals surface area contributed by atoms with Gasteiger partial charge in [-0.1, -0.05) is 70.2 Å². The highest BCUT2D eigenvalue weighted by Gasteiger charge is 1.84. The average Bonchev–Trinajstić information content (AvgIpc) is 2.37. The predicted octanol–water partition coefficient (Wildman–Crippen LogP) is 6.25. The minimum absolute atomic E-state index is 0.999. The normalized spacial score (nSPS) is 10.5. The van der Waals surface area contributed by atoms with Crippen molar-refractivity contribution in [2.45, 2.75) is 47.0 Å². The first-order chi connectivity index (χ1) is 8.26. The van der Waals surface area contributed by atoms with Gasteiger partial charge in [-0.25, -0.2) is 0 Å². The van der Waals surface area contributed by atoms with Crippen LogP contribution in [0.5, 0.6) is 0 Å². The Hall–Kier alpha value is -1.30. The summed E-state index contributed by atoms with van der Waals surface area (Å²) in [5.74, 6) is 0. The molecule has 0 N–H and O–H groups in total. The van der Waals surface area contributed by atoms with Gasteiger partial charge in [-0.15, -0.1) is 13.2 Å². The fourth-order valence-electron chi connectivity index (χ4n) is 0.852. The van der Waals surface area contributed by atoms with Crippen molar-refractivity contribution in [3.05, 3.63) is 61.8 Å². The Morgan fingerprint density at radius 2 is 1.59 bits per heavy atom. The van der Waals surface area contributed by atoms with E-state index >= 15 is 0 Å². The largest absolute Gasteiger partial charge is 0.106 e. The van der Waals surface area contributed by atoms with E-state index in [0.29, 0.717) is 0 Å². The maximum Gasteiger partial charge on any atom is -0.00977 e. The first-order valence-electron chi connectivity index (χ1n) is 6.35. The lowest BCUT2D eigenvalue weighted by Gasteiger charge is -1.93. The molecular formula is C17H30. The zero-order valence-corrected chi connectivity index (χ0v) is 12.2. The van der Waals surface area contributed by atoms with Crippen molar-refractivity contribution < 1.29 is 0 Å². The Bertz CT molecular complexity index is 216. The molecule has 0 bridgehead atoms. The average molecular weight is 234 g/mol. The van der Waals surface area contributed by atoms with E-state index < -0.39 is 0 Å². The van der Waals surface area contributed by atoms with Gasteiger partial charge in [0.25, 0.3) is 0 Å². The smallest absolute Gasteiger partial charge is 0.00977 e. The molecule has 0 unspecified atom stereocenters. The van der Waals surface area contributed by atoms with Crippen LogP contribution in [-0.4, -0.2) is 0 Å². The van der Waals surface area contributed by atoms with Crippen LogP contribution in [0.3, 0.4) is 0 Å². The Morgan fingerprint density at radius 3 is 1.94 bits per heavy atom. The summed E-state index contributed by atoms with van der Waals surface area (Å²) in [7, 11) is 0. The lowest BCUT2D eigenvalue weighted by Crippen LogP contribution is -1.73. The standard InChI is InChI=1S/C12H18.C3H8.C2H4/c1-4-7-9-11-12(6-3)10-8-5-2;1-3-2;1-2/h4,6-10H,1,5,11H2,2-3H3;3H2,1-2H3;1-2H2/b9-7-,10-8-,12-6+;;. The summed E-state index contributed by atoms with van der Waals surface area (Å²) in [4.78, 5) is 0. The SMILES string of the molecule is C=C.C=C/C=C\CC(/C=C\CC)=C/C.CCC. The third kappa shape index (κ3) is 25.2. The van der Waals surface area contributed by atoms with Gasteiger partial charge in [0.15, 0.2) is 0 Å². The molecule has 0 aliphatic rings. The van der Waals surface area contributed by atoms with Crippen LogP contribution < -0.4 is 0 Å². The quantitative estimate of drug-likeness (QED) is 0.389. The van der Waals surface area contributed by atoms with Crippen molar-refractivity contribution >= 4 is 0 Å². The van der Waals surface area contributed by atoms with Gasteiger partial charge in [0.05, 0.1) is 0 Å². The maximum absolute atomic E-state index is 3.62. The third-order valence-electron chi connectivity index (χ3n) is 1.56. The summed E-state index contributed by atoms with van der Waals surface area (Å²) in [5.41, 5.74) is 1.36. The summed E-state index contributed by atoms with van der Waals surface area (Å²) in [6.45, 7) is 18.1. The number of allylic oxidation sites excluding steroid dienone is 7. The van der Waals surface area contributed by atoms with Crippen LogP contribution in [0.2, 0.25) is 0 Å². The molecule has 0 spiro atoms. The number of rotatable bonds is 5. The maximum atomic E-state index is 3.62. The fraction of sp³-hybridized carbons (Fsp3) is 0.412. The molecule has 0 aromatic heterocycles. The molecule has 0 heteroatoms. The molecule has 0 aromatic carbocycles. The number of hydrogen-bond donors (Lipinski definition) is 0. The van der Waals surface area contributed by atoms with E-state index in [-0.39, 0.29) is 0 Å². The topological polar surface area (TPSA) is 0 Å². The van der Waals surface area contributed by atoms with Crippen LogP contribution in [0.4, 0.5) is 0 Å². The van der Waals surface area contributed by atoms with E-state index in [9.17, 15) is 0 Å². The summed E-state index contributed by atoms with van der Waals surface area (Å²) >= 11 is 0. The summed E-state index contributed by atoms with van der Waals surface area (Å²) in [5, 5.41) is 0. The highest BCUT2D eigenvalue weighted by atomic mass is 13.9. The molecule has 0 nitrogen and oxygen atoms in total. The van der Waals surface area contributed by atoms with Gasteiger partial charge in [0.2, 0.25) is 0 Å². The molecule has 0 heterocycles. The highest BCUT2D eigenvalue weighted by molar-refractivity contribution is 5.21. The molecular weight excluding hydrogens is 204 g/mol. The van der Waals surface area contributed by atoms with E-state index in [1.54, 1.807) is 6.08 Å². The molecule has 0 aromatic rings. The first-order valence-corrected chi connectivity index (χ1v) is 6.35. The highest BCUT2D eigenvalue weighted by Crippen LogP contribution is 2.04. The monoisotopic (exact) mass is 234 g/mol. The van der Waals surface area contributed by atoms with Crippen molar-refractivity contribution in [2.24, 2.45) is 0 Å². The lowest BCUT2D eigenvalue weighted by atomic mass is 10.1. The zero-order chi connectivity index (χ0) is 13.9.